The standard InChI is InChI=1S/C16H12N2O4S.O3S/c19-15-10-5-11-3-1-2-4-14(11)16(15)18-17-12-6-8-13(9-7-12)23(20,21)22;1-4(2)3/h1-10,19H,(H,20,21,22);. The first kappa shape index (κ1) is 20.2. The van der Waals surface area contributed by atoms with E-state index >= 15 is 0 Å². The predicted molar refractivity (Wildman–Crippen MR) is 95.7 cm³/mol. The van der Waals surface area contributed by atoms with Crippen LogP contribution in [0.25, 0.3) is 10.8 Å². The minimum absolute atomic E-state index is 0.00186. The van der Waals surface area contributed by atoms with Gasteiger partial charge in [-0.05, 0) is 35.7 Å². The normalized spacial score (nSPS) is 11.1. The monoisotopic (exact) mass is 408 g/mol. The van der Waals surface area contributed by atoms with Crippen LogP contribution in [0, 0.1) is 0 Å². The molecule has 0 amide bonds. The van der Waals surface area contributed by atoms with Gasteiger partial charge in [0, 0.05) is 5.39 Å². The van der Waals surface area contributed by atoms with Crippen molar-refractivity contribution in [1.29, 1.82) is 0 Å². The maximum Gasteiger partial charge on any atom is 0.425 e. The Labute approximate surface area is 155 Å². The fourth-order valence-electron chi connectivity index (χ4n) is 2.14. The molecule has 0 heterocycles. The molecule has 0 aliphatic carbocycles. The first-order valence-corrected chi connectivity index (χ1v) is 9.59. The summed E-state index contributed by atoms with van der Waals surface area (Å²) in [6, 6.07) is 16.0. The Morgan fingerprint density at radius 2 is 1.41 bits per heavy atom. The van der Waals surface area contributed by atoms with Gasteiger partial charge >= 0.3 is 10.6 Å². The summed E-state index contributed by atoms with van der Waals surface area (Å²) >= 11 is 0. The number of aromatic hydroxyl groups is 1. The maximum absolute atomic E-state index is 11.0. The van der Waals surface area contributed by atoms with Crippen molar-refractivity contribution in [3.05, 3.63) is 60.7 Å². The van der Waals surface area contributed by atoms with E-state index in [0.717, 1.165) is 10.8 Å². The van der Waals surface area contributed by atoms with Gasteiger partial charge in [0.25, 0.3) is 10.1 Å². The van der Waals surface area contributed by atoms with Crippen LogP contribution in [0.1, 0.15) is 0 Å². The van der Waals surface area contributed by atoms with Crippen LogP contribution >= 0.6 is 0 Å². The lowest BCUT2D eigenvalue weighted by Gasteiger charge is -2.03. The average Bonchev–Trinajstić information content (AvgIpc) is 2.60. The van der Waals surface area contributed by atoms with Crippen LogP contribution < -0.4 is 0 Å². The van der Waals surface area contributed by atoms with Crippen molar-refractivity contribution in [2.75, 3.05) is 0 Å². The maximum atomic E-state index is 11.0. The van der Waals surface area contributed by atoms with Crippen molar-refractivity contribution >= 4 is 42.9 Å². The molecule has 2 N–H and O–H groups in total. The molecule has 0 aliphatic heterocycles. The van der Waals surface area contributed by atoms with E-state index < -0.39 is 20.7 Å². The number of nitrogens with zero attached hydrogens (tertiary/aromatic N) is 2. The van der Waals surface area contributed by atoms with Gasteiger partial charge in [0.05, 0.1) is 10.6 Å². The van der Waals surface area contributed by atoms with Crippen LogP contribution in [0.2, 0.25) is 0 Å². The quantitative estimate of drug-likeness (QED) is 0.499. The molecule has 0 saturated heterocycles. The molecule has 9 nitrogen and oxygen atoms in total. The van der Waals surface area contributed by atoms with Gasteiger partial charge in [0.1, 0.15) is 11.4 Å². The molecule has 0 saturated carbocycles. The third-order valence-electron chi connectivity index (χ3n) is 3.28. The van der Waals surface area contributed by atoms with Gasteiger partial charge in [0.2, 0.25) is 0 Å². The molecule has 0 aromatic heterocycles. The number of benzene rings is 3. The molecule has 0 atom stereocenters. The van der Waals surface area contributed by atoms with E-state index in [1.807, 2.05) is 24.3 Å². The fraction of sp³-hybridized carbons (Fsp3) is 0. The Bertz CT molecular complexity index is 1200. The van der Waals surface area contributed by atoms with Crippen LogP contribution in [0.3, 0.4) is 0 Å². The molecule has 0 aliphatic rings. The fourth-order valence-corrected chi connectivity index (χ4v) is 2.62. The molecular weight excluding hydrogens is 396 g/mol. The Morgan fingerprint density at radius 3 is 2.00 bits per heavy atom. The van der Waals surface area contributed by atoms with Gasteiger partial charge in [-0.3, -0.25) is 4.55 Å². The molecular formula is C16H12N2O7S2. The third-order valence-corrected chi connectivity index (χ3v) is 4.15. The highest BCUT2D eigenvalue weighted by Gasteiger charge is 2.09. The molecule has 0 spiro atoms. The first-order chi connectivity index (χ1) is 12.7. The van der Waals surface area contributed by atoms with E-state index in [1.165, 1.54) is 30.3 Å². The molecule has 0 unspecified atom stereocenters. The molecule has 0 bridgehead atoms. The Morgan fingerprint density at radius 1 is 0.815 bits per heavy atom. The number of rotatable bonds is 3. The number of azo groups is 1. The molecule has 11 heteroatoms. The molecule has 0 radical (unpaired) electrons. The van der Waals surface area contributed by atoms with E-state index in [0.29, 0.717) is 11.4 Å². The Hall–Kier alpha value is -3.15. The summed E-state index contributed by atoms with van der Waals surface area (Å²) in [4.78, 5) is -0.218. The number of hydrogen-bond donors (Lipinski definition) is 2. The molecule has 140 valence electrons. The molecule has 3 rings (SSSR count). The summed E-state index contributed by atoms with van der Waals surface area (Å²) in [5.41, 5.74) is 0.728. The lowest BCUT2D eigenvalue weighted by molar-refractivity contribution is 0.477. The topological polar surface area (TPSA) is 151 Å². The van der Waals surface area contributed by atoms with Crippen LogP contribution in [0.15, 0.2) is 75.8 Å². The van der Waals surface area contributed by atoms with E-state index in [-0.39, 0.29) is 10.6 Å². The van der Waals surface area contributed by atoms with Gasteiger partial charge < -0.3 is 5.11 Å². The Balaban J connectivity index is 0.000000596. The predicted octanol–water partition coefficient (Wildman–Crippen LogP) is 3.20. The second kappa shape index (κ2) is 8.49. The number of hydrogen-bond acceptors (Lipinski definition) is 8. The van der Waals surface area contributed by atoms with Gasteiger partial charge in [0.15, 0.2) is 0 Å². The SMILES string of the molecule is O=S(=O)(O)c1ccc(N=Nc2c(O)ccc3ccccc23)cc1.O=S(=O)=O. The van der Waals surface area contributed by atoms with E-state index in [2.05, 4.69) is 10.2 Å². The highest BCUT2D eigenvalue weighted by Crippen LogP contribution is 2.35. The van der Waals surface area contributed by atoms with Gasteiger partial charge in [-0.2, -0.15) is 13.5 Å². The average molecular weight is 408 g/mol. The smallest absolute Gasteiger partial charge is 0.425 e. The highest BCUT2D eigenvalue weighted by molar-refractivity contribution is 7.85. The zero-order chi connectivity index (χ0) is 20.0. The number of phenolic OH excluding ortho intramolecular Hbond substituents is 1. The van der Waals surface area contributed by atoms with Crippen molar-refractivity contribution in [2.24, 2.45) is 10.2 Å². The van der Waals surface area contributed by atoms with Gasteiger partial charge in [-0.25, -0.2) is 0 Å². The first-order valence-electron chi connectivity index (χ1n) is 7.15. The second-order valence-electron chi connectivity index (χ2n) is 5.03. The summed E-state index contributed by atoms with van der Waals surface area (Å²) in [7, 11) is -7.35. The summed E-state index contributed by atoms with van der Waals surface area (Å²) in [6.07, 6.45) is 0. The van der Waals surface area contributed by atoms with Crippen molar-refractivity contribution in [3.8, 4) is 5.75 Å². The van der Waals surface area contributed by atoms with E-state index in [9.17, 15) is 13.5 Å². The Kier molecular flexibility index (Phi) is 6.34. The lowest BCUT2D eigenvalue weighted by atomic mass is 10.1. The summed E-state index contributed by atoms with van der Waals surface area (Å²) in [5, 5.41) is 19.7. The number of fused-ring (bicyclic) bond motifs is 1. The summed E-state index contributed by atoms with van der Waals surface area (Å²) in [6.45, 7) is 0. The van der Waals surface area contributed by atoms with Crippen molar-refractivity contribution in [3.63, 3.8) is 0 Å². The van der Waals surface area contributed by atoms with Crippen LogP contribution in [-0.2, 0) is 20.7 Å². The van der Waals surface area contributed by atoms with E-state index in [4.69, 9.17) is 17.2 Å². The van der Waals surface area contributed by atoms with Crippen LogP contribution in [-0.4, -0.2) is 30.7 Å². The van der Waals surface area contributed by atoms with E-state index in [1.54, 1.807) is 6.07 Å². The molecule has 3 aromatic rings. The van der Waals surface area contributed by atoms with Crippen LogP contribution in [0.4, 0.5) is 11.4 Å². The van der Waals surface area contributed by atoms with Gasteiger partial charge in [-0.15, -0.1) is 17.7 Å². The zero-order valence-corrected chi connectivity index (χ0v) is 15.1. The molecule has 3 aromatic carbocycles. The van der Waals surface area contributed by atoms with Gasteiger partial charge in [-0.1, -0.05) is 30.3 Å². The largest absolute Gasteiger partial charge is 0.506 e. The zero-order valence-electron chi connectivity index (χ0n) is 13.4. The minimum Gasteiger partial charge on any atom is -0.506 e. The summed E-state index contributed by atoms with van der Waals surface area (Å²) < 4.78 is 56.2. The van der Waals surface area contributed by atoms with Crippen LogP contribution in [0.5, 0.6) is 5.75 Å². The molecule has 0 fully saturated rings. The number of phenols is 1. The molecule has 27 heavy (non-hydrogen) atoms. The highest BCUT2D eigenvalue weighted by atomic mass is 32.2. The van der Waals surface area contributed by atoms with Crippen molar-refractivity contribution in [1.82, 2.24) is 0 Å². The van der Waals surface area contributed by atoms with Crippen molar-refractivity contribution in [2.45, 2.75) is 4.90 Å². The summed E-state index contributed by atoms with van der Waals surface area (Å²) in [5.74, 6) is 0.00186. The third kappa shape index (κ3) is 5.67. The second-order valence-corrected chi connectivity index (χ2v) is 6.86. The lowest BCUT2D eigenvalue weighted by Crippen LogP contribution is -1.96. The van der Waals surface area contributed by atoms with Crippen molar-refractivity contribution < 1.29 is 30.7 Å². The minimum atomic E-state index is -4.23.